The number of imidazole rings is 2. The Balaban J connectivity index is 1.36. The van der Waals surface area contributed by atoms with Gasteiger partial charge in [0, 0.05) is 30.1 Å². The Morgan fingerprint density at radius 3 is 2.60 bits per heavy atom. The molecule has 128 valence electrons. The van der Waals surface area contributed by atoms with Crippen molar-refractivity contribution in [3.63, 3.8) is 0 Å². The summed E-state index contributed by atoms with van der Waals surface area (Å²) in [5.74, 6) is 1.22. The number of ether oxygens (including phenoxy) is 1. The summed E-state index contributed by atoms with van der Waals surface area (Å²) in [4.78, 5) is 9.33. The van der Waals surface area contributed by atoms with E-state index in [0.717, 1.165) is 25.3 Å². The van der Waals surface area contributed by atoms with Crippen molar-refractivity contribution in [1.82, 2.24) is 19.1 Å². The van der Waals surface area contributed by atoms with Crippen LogP contribution in [0.3, 0.4) is 0 Å². The van der Waals surface area contributed by atoms with E-state index in [1.807, 2.05) is 12.7 Å². The van der Waals surface area contributed by atoms with Crippen LogP contribution in [0.25, 0.3) is 11.0 Å². The van der Waals surface area contributed by atoms with E-state index in [-0.39, 0.29) is 0 Å². The minimum absolute atomic E-state index is 0.510. The Morgan fingerprint density at radius 1 is 1.00 bits per heavy atom. The SMILES string of the molecule is c1cc2ncn(C3CC3)c2cc1Cn1cnc(C2COC2)c1C1CC1. The highest BCUT2D eigenvalue weighted by Crippen LogP contribution is 2.44. The maximum Gasteiger partial charge on any atom is 0.0960 e. The van der Waals surface area contributed by atoms with Gasteiger partial charge in [-0.1, -0.05) is 6.07 Å². The molecule has 2 saturated carbocycles. The number of fused-ring (bicyclic) bond motifs is 1. The normalized spacial score (nSPS) is 21.0. The molecule has 5 nitrogen and oxygen atoms in total. The van der Waals surface area contributed by atoms with Crippen LogP contribution < -0.4 is 0 Å². The minimum atomic E-state index is 0.510. The lowest BCUT2D eigenvalue weighted by atomic mass is 10.00. The van der Waals surface area contributed by atoms with E-state index < -0.39 is 0 Å². The van der Waals surface area contributed by atoms with Gasteiger partial charge in [-0.2, -0.15) is 0 Å². The Bertz CT molecular complexity index is 944. The molecule has 3 aliphatic rings. The fraction of sp³-hybridized carbons (Fsp3) is 0.500. The Hall–Kier alpha value is -2.14. The second-order valence-corrected chi connectivity index (χ2v) is 7.86. The van der Waals surface area contributed by atoms with Crippen LogP contribution in [0.15, 0.2) is 30.9 Å². The van der Waals surface area contributed by atoms with Crippen LogP contribution in [0.4, 0.5) is 0 Å². The minimum Gasteiger partial charge on any atom is -0.380 e. The van der Waals surface area contributed by atoms with Gasteiger partial charge in [0.25, 0.3) is 0 Å². The molecule has 25 heavy (non-hydrogen) atoms. The molecule has 2 aromatic heterocycles. The summed E-state index contributed by atoms with van der Waals surface area (Å²) >= 11 is 0. The van der Waals surface area contributed by atoms with Gasteiger partial charge in [-0.25, -0.2) is 9.97 Å². The van der Waals surface area contributed by atoms with Gasteiger partial charge >= 0.3 is 0 Å². The summed E-state index contributed by atoms with van der Waals surface area (Å²) in [7, 11) is 0. The molecular weight excluding hydrogens is 312 g/mol. The molecule has 1 saturated heterocycles. The number of nitrogens with zero attached hydrogens (tertiary/aromatic N) is 4. The van der Waals surface area contributed by atoms with Gasteiger partial charge in [-0.3, -0.25) is 0 Å². The first-order valence-electron chi connectivity index (χ1n) is 9.45. The van der Waals surface area contributed by atoms with Gasteiger partial charge in [-0.05, 0) is 43.4 Å². The molecule has 1 aliphatic heterocycles. The summed E-state index contributed by atoms with van der Waals surface area (Å²) in [6, 6.07) is 7.37. The Morgan fingerprint density at radius 2 is 1.88 bits per heavy atom. The summed E-state index contributed by atoms with van der Waals surface area (Å²) < 4.78 is 10.1. The smallest absolute Gasteiger partial charge is 0.0960 e. The van der Waals surface area contributed by atoms with Crippen molar-refractivity contribution in [2.45, 2.75) is 50.1 Å². The van der Waals surface area contributed by atoms with E-state index in [0.29, 0.717) is 17.9 Å². The zero-order chi connectivity index (χ0) is 16.4. The van der Waals surface area contributed by atoms with Crippen molar-refractivity contribution in [2.24, 2.45) is 0 Å². The number of hydrogen-bond acceptors (Lipinski definition) is 3. The fourth-order valence-corrected chi connectivity index (χ4v) is 4.05. The first-order valence-corrected chi connectivity index (χ1v) is 9.45. The molecule has 3 heterocycles. The van der Waals surface area contributed by atoms with Crippen molar-refractivity contribution in [2.75, 3.05) is 13.2 Å². The zero-order valence-electron chi connectivity index (χ0n) is 14.3. The summed E-state index contributed by atoms with van der Waals surface area (Å²) in [5, 5.41) is 0. The third-order valence-corrected chi connectivity index (χ3v) is 5.83. The molecule has 0 radical (unpaired) electrons. The maximum absolute atomic E-state index is 5.39. The first kappa shape index (κ1) is 14.1. The van der Waals surface area contributed by atoms with Gasteiger partial charge in [0.1, 0.15) is 0 Å². The molecule has 3 fully saturated rings. The van der Waals surface area contributed by atoms with Gasteiger partial charge in [0.2, 0.25) is 0 Å². The van der Waals surface area contributed by atoms with Crippen molar-refractivity contribution in [3.05, 3.63) is 47.8 Å². The number of hydrogen-bond donors (Lipinski definition) is 0. The monoisotopic (exact) mass is 334 g/mol. The molecule has 1 aromatic carbocycles. The third kappa shape index (κ3) is 2.33. The van der Waals surface area contributed by atoms with Crippen LogP contribution >= 0.6 is 0 Å². The van der Waals surface area contributed by atoms with Crippen molar-refractivity contribution < 1.29 is 4.74 Å². The van der Waals surface area contributed by atoms with Gasteiger partial charge in [0.05, 0.1) is 42.6 Å². The van der Waals surface area contributed by atoms with Crippen molar-refractivity contribution in [1.29, 1.82) is 0 Å². The quantitative estimate of drug-likeness (QED) is 0.716. The average Bonchev–Trinajstić information content (AvgIpc) is 3.50. The molecule has 6 rings (SSSR count). The largest absolute Gasteiger partial charge is 0.380 e. The van der Waals surface area contributed by atoms with Crippen LogP contribution in [-0.2, 0) is 11.3 Å². The first-order chi connectivity index (χ1) is 12.4. The van der Waals surface area contributed by atoms with E-state index >= 15 is 0 Å². The molecule has 0 atom stereocenters. The molecule has 5 heteroatoms. The highest BCUT2D eigenvalue weighted by atomic mass is 16.5. The molecule has 0 N–H and O–H groups in total. The molecular formula is C20H22N4O. The Labute approximate surface area is 146 Å². The summed E-state index contributed by atoms with van der Waals surface area (Å²) in [5.41, 5.74) is 6.48. The standard InChI is InChI=1S/C20H22N4O/c1-6-17-18(24(12-21-17)16-4-5-16)7-13(1)8-23-11-22-19(15-9-25-10-15)20(23)14-2-3-14/h1,6-7,11-12,14-16H,2-5,8-10H2. The number of rotatable bonds is 5. The van der Waals surface area contributed by atoms with Gasteiger partial charge in [-0.15, -0.1) is 0 Å². The van der Waals surface area contributed by atoms with Crippen LogP contribution in [0, 0.1) is 0 Å². The van der Waals surface area contributed by atoms with Crippen LogP contribution in [0.2, 0.25) is 0 Å². The molecule has 0 spiro atoms. The van der Waals surface area contributed by atoms with E-state index in [2.05, 4.69) is 32.3 Å². The van der Waals surface area contributed by atoms with E-state index in [4.69, 9.17) is 9.72 Å². The highest BCUT2D eigenvalue weighted by Gasteiger charge is 2.35. The molecule has 0 bridgehead atoms. The van der Waals surface area contributed by atoms with Crippen LogP contribution in [0.5, 0.6) is 0 Å². The fourth-order valence-electron chi connectivity index (χ4n) is 4.05. The van der Waals surface area contributed by atoms with Gasteiger partial charge in [0.15, 0.2) is 0 Å². The number of aromatic nitrogens is 4. The maximum atomic E-state index is 5.39. The zero-order valence-corrected chi connectivity index (χ0v) is 14.3. The predicted molar refractivity (Wildman–Crippen MR) is 94.9 cm³/mol. The summed E-state index contributed by atoms with van der Waals surface area (Å²) in [6.45, 7) is 2.57. The predicted octanol–water partition coefficient (Wildman–Crippen LogP) is 3.61. The molecule has 3 aromatic rings. The molecule has 0 unspecified atom stereocenters. The lowest BCUT2D eigenvalue weighted by Crippen LogP contribution is -2.26. The second-order valence-electron chi connectivity index (χ2n) is 7.86. The van der Waals surface area contributed by atoms with E-state index in [1.165, 1.54) is 48.2 Å². The van der Waals surface area contributed by atoms with Crippen LogP contribution in [0.1, 0.15) is 60.5 Å². The summed E-state index contributed by atoms with van der Waals surface area (Å²) in [6.07, 6.45) is 9.24. The van der Waals surface area contributed by atoms with Crippen molar-refractivity contribution >= 4 is 11.0 Å². The molecule has 2 aliphatic carbocycles. The average molecular weight is 334 g/mol. The lowest BCUT2D eigenvalue weighted by Gasteiger charge is -2.25. The van der Waals surface area contributed by atoms with Gasteiger partial charge < -0.3 is 13.9 Å². The van der Waals surface area contributed by atoms with E-state index in [1.54, 1.807) is 0 Å². The number of benzene rings is 1. The molecule has 0 amide bonds. The lowest BCUT2D eigenvalue weighted by molar-refractivity contribution is 0.00644. The highest BCUT2D eigenvalue weighted by molar-refractivity contribution is 5.76. The second kappa shape index (κ2) is 5.18. The Kier molecular flexibility index (Phi) is 2.92. The third-order valence-electron chi connectivity index (χ3n) is 5.83. The van der Waals surface area contributed by atoms with Crippen molar-refractivity contribution in [3.8, 4) is 0 Å². The van der Waals surface area contributed by atoms with Crippen LogP contribution in [-0.4, -0.2) is 32.3 Å². The topological polar surface area (TPSA) is 44.9 Å². The van der Waals surface area contributed by atoms with E-state index in [9.17, 15) is 0 Å².